The second-order valence-corrected chi connectivity index (χ2v) is 6.64. The molecule has 1 aliphatic rings. The van der Waals surface area contributed by atoms with Crippen molar-refractivity contribution in [3.63, 3.8) is 0 Å². The molecule has 5 heteroatoms. The first-order chi connectivity index (χ1) is 9.61. The molecule has 0 unspecified atom stereocenters. The highest BCUT2D eigenvalue weighted by Crippen LogP contribution is 2.21. The second-order valence-electron chi connectivity index (χ2n) is 5.70. The summed E-state index contributed by atoms with van der Waals surface area (Å²) in [6.07, 6.45) is 3.03. The molecular weight excluding hydrogens is 268 g/mol. The van der Waals surface area contributed by atoms with Crippen molar-refractivity contribution in [2.75, 3.05) is 6.54 Å². The lowest BCUT2D eigenvalue weighted by Crippen LogP contribution is -2.31. The van der Waals surface area contributed by atoms with Gasteiger partial charge in [-0.05, 0) is 6.92 Å². The number of hydrogen-bond donors (Lipinski definition) is 0. The highest BCUT2D eigenvalue weighted by molar-refractivity contribution is 7.09. The molecule has 0 aromatic carbocycles. The highest BCUT2D eigenvalue weighted by atomic mass is 32.1. The minimum Gasteiger partial charge on any atom is -0.292 e. The van der Waals surface area contributed by atoms with Crippen molar-refractivity contribution in [3.8, 4) is 0 Å². The molecule has 0 fully saturated rings. The Hall–Kier alpha value is -1.33. The molecule has 0 radical (unpaired) electrons. The first kappa shape index (κ1) is 13.6. The van der Waals surface area contributed by atoms with Crippen LogP contribution >= 0.6 is 11.3 Å². The van der Waals surface area contributed by atoms with Gasteiger partial charge in [0, 0.05) is 54.0 Å². The summed E-state index contributed by atoms with van der Waals surface area (Å²) in [6.45, 7) is 9.26. The molecule has 1 aliphatic heterocycles. The van der Waals surface area contributed by atoms with E-state index < -0.39 is 0 Å². The number of fused-ring (bicyclic) bond motifs is 1. The van der Waals surface area contributed by atoms with Gasteiger partial charge in [0.2, 0.25) is 0 Å². The zero-order valence-corrected chi connectivity index (χ0v) is 13.1. The van der Waals surface area contributed by atoms with Gasteiger partial charge in [0.25, 0.3) is 0 Å². The number of aryl methyl sites for hydroxylation is 1. The quantitative estimate of drug-likeness (QED) is 0.871. The fourth-order valence-corrected chi connectivity index (χ4v) is 3.28. The van der Waals surface area contributed by atoms with Crippen LogP contribution < -0.4 is 0 Å². The number of nitrogens with zero attached hydrogens (tertiary/aromatic N) is 4. The van der Waals surface area contributed by atoms with Gasteiger partial charge >= 0.3 is 0 Å². The van der Waals surface area contributed by atoms with E-state index in [0.29, 0.717) is 5.92 Å². The van der Waals surface area contributed by atoms with Crippen molar-refractivity contribution in [2.24, 2.45) is 0 Å². The van der Waals surface area contributed by atoms with Gasteiger partial charge in [-0.1, -0.05) is 13.8 Å². The summed E-state index contributed by atoms with van der Waals surface area (Å²) in [5.41, 5.74) is 3.62. The molecule has 3 heterocycles. The average Bonchev–Trinajstić information content (AvgIpc) is 2.83. The summed E-state index contributed by atoms with van der Waals surface area (Å²) in [4.78, 5) is 16.2. The molecule has 4 nitrogen and oxygen atoms in total. The van der Waals surface area contributed by atoms with Crippen molar-refractivity contribution in [2.45, 2.75) is 46.2 Å². The fraction of sp³-hybridized carbons (Fsp3) is 0.533. The van der Waals surface area contributed by atoms with Crippen molar-refractivity contribution in [1.82, 2.24) is 19.9 Å². The molecule has 0 bridgehead atoms. The van der Waals surface area contributed by atoms with E-state index in [9.17, 15) is 0 Å². The first-order valence-corrected chi connectivity index (χ1v) is 7.98. The van der Waals surface area contributed by atoms with Gasteiger partial charge in [0.05, 0.1) is 6.54 Å². The van der Waals surface area contributed by atoms with Crippen molar-refractivity contribution in [1.29, 1.82) is 0 Å². The predicted molar refractivity (Wildman–Crippen MR) is 80.8 cm³/mol. The molecule has 0 aliphatic carbocycles. The van der Waals surface area contributed by atoms with Crippen LogP contribution in [0.25, 0.3) is 0 Å². The van der Waals surface area contributed by atoms with E-state index in [1.807, 2.05) is 13.1 Å². The Morgan fingerprint density at radius 1 is 1.35 bits per heavy atom. The number of aromatic nitrogens is 3. The van der Waals surface area contributed by atoms with Crippen LogP contribution in [0, 0.1) is 6.92 Å². The lowest BCUT2D eigenvalue weighted by Gasteiger charge is -2.27. The Bertz CT molecular complexity index is 606. The highest BCUT2D eigenvalue weighted by Gasteiger charge is 2.19. The Morgan fingerprint density at radius 3 is 2.90 bits per heavy atom. The topological polar surface area (TPSA) is 41.9 Å². The lowest BCUT2D eigenvalue weighted by molar-refractivity contribution is 0.242. The summed E-state index contributed by atoms with van der Waals surface area (Å²) in [7, 11) is 0. The monoisotopic (exact) mass is 288 g/mol. The third-order valence-electron chi connectivity index (χ3n) is 3.57. The van der Waals surface area contributed by atoms with Crippen molar-refractivity contribution < 1.29 is 0 Å². The molecule has 0 saturated carbocycles. The van der Waals surface area contributed by atoms with Crippen LogP contribution in [0.3, 0.4) is 0 Å². The number of hydrogen-bond acceptors (Lipinski definition) is 5. The van der Waals surface area contributed by atoms with E-state index in [2.05, 4.69) is 34.1 Å². The summed E-state index contributed by atoms with van der Waals surface area (Å²) in [5, 5.41) is 3.32. The smallest absolute Gasteiger partial charge is 0.131 e. The van der Waals surface area contributed by atoms with Gasteiger partial charge in [-0.3, -0.25) is 4.90 Å². The van der Waals surface area contributed by atoms with E-state index in [-0.39, 0.29) is 0 Å². The maximum atomic E-state index is 4.71. The van der Waals surface area contributed by atoms with Crippen LogP contribution in [-0.2, 0) is 19.5 Å². The fourth-order valence-electron chi connectivity index (χ4n) is 2.47. The predicted octanol–water partition coefficient (Wildman–Crippen LogP) is 2.92. The SMILES string of the molecule is Cc1csc(CN2CCc3nc(C(C)C)ncc3C2)n1. The normalized spacial score (nSPS) is 15.6. The Balaban J connectivity index is 1.72. The van der Waals surface area contributed by atoms with Crippen LogP contribution in [-0.4, -0.2) is 26.4 Å². The van der Waals surface area contributed by atoms with Crippen LogP contribution in [0.4, 0.5) is 0 Å². The third-order valence-corrected chi connectivity index (χ3v) is 4.52. The van der Waals surface area contributed by atoms with Crippen LogP contribution in [0.2, 0.25) is 0 Å². The average molecular weight is 288 g/mol. The van der Waals surface area contributed by atoms with Gasteiger partial charge < -0.3 is 0 Å². The number of rotatable bonds is 3. The Morgan fingerprint density at radius 2 is 2.20 bits per heavy atom. The maximum Gasteiger partial charge on any atom is 0.131 e. The zero-order chi connectivity index (χ0) is 14.1. The molecular formula is C15H20N4S. The summed E-state index contributed by atoms with van der Waals surface area (Å²) in [5.74, 6) is 1.37. The van der Waals surface area contributed by atoms with Gasteiger partial charge in [-0.2, -0.15) is 0 Å². The van der Waals surface area contributed by atoms with Crippen LogP contribution in [0.15, 0.2) is 11.6 Å². The van der Waals surface area contributed by atoms with Crippen LogP contribution in [0.5, 0.6) is 0 Å². The lowest BCUT2D eigenvalue weighted by atomic mass is 10.1. The maximum absolute atomic E-state index is 4.71. The number of thiazole rings is 1. The molecule has 20 heavy (non-hydrogen) atoms. The molecule has 0 spiro atoms. The summed E-state index contributed by atoms with van der Waals surface area (Å²) in [6, 6.07) is 0. The molecule has 3 rings (SSSR count). The molecule has 2 aromatic heterocycles. The van der Waals surface area contributed by atoms with Crippen molar-refractivity contribution in [3.05, 3.63) is 39.4 Å². The van der Waals surface area contributed by atoms with E-state index >= 15 is 0 Å². The zero-order valence-electron chi connectivity index (χ0n) is 12.3. The standard InChI is InChI=1S/C15H20N4S/c1-10(2)15-16-6-12-7-19(5-4-13(12)18-15)8-14-17-11(3)9-20-14/h6,9-10H,4-5,7-8H2,1-3H3. The van der Waals surface area contributed by atoms with E-state index in [0.717, 1.165) is 37.6 Å². The van der Waals surface area contributed by atoms with Gasteiger partial charge in [0.15, 0.2) is 0 Å². The third kappa shape index (κ3) is 2.88. The molecule has 106 valence electrons. The molecule has 0 amide bonds. The second kappa shape index (κ2) is 5.58. The minimum absolute atomic E-state index is 0.400. The largest absolute Gasteiger partial charge is 0.292 e. The minimum atomic E-state index is 0.400. The Labute approximate surface area is 123 Å². The van der Waals surface area contributed by atoms with Crippen LogP contribution in [0.1, 0.15) is 47.5 Å². The molecule has 0 atom stereocenters. The first-order valence-electron chi connectivity index (χ1n) is 7.10. The van der Waals surface area contributed by atoms with E-state index in [1.165, 1.54) is 16.3 Å². The van der Waals surface area contributed by atoms with E-state index in [1.54, 1.807) is 11.3 Å². The van der Waals surface area contributed by atoms with Gasteiger partial charge in [0.1, 0.15) is 10.8 Å². The summed E-state index contributed by atoms with van der Waals surface area (Å²) >= 11 is 1.75. The molecule has 0 saturated heterocycles. The van der Waals surface area contributed by atoms with E-state index in [4.69, 9.17) is 4.98 Å². The summed E-state index contributed by atoms with van der Waals surface area (Å²) < 4.78 is 0. The van der Waals surface area contributed by atoms with Gasteiger partial charge in [-0.25, -0.2) is 15.0 Å². The van der Waals surface area contributed by atoms with Crippen molar-refractivity contribution >= 4 is 11.3 Å². The molecule has 2 aromatic rings. The Kier molecular flexibility index (Phi) is 3.81. The molecule has 0 N–H and O–H groups in total. The van der Waals surface area contributed by atoms with Gasteiger partial charge in [-0.15, -0.1) is 11.3 Å².